The maximum absolute atomic E-state index is 13.2. The number of aromatic amines is 1. The summed E-state index contributed by atoms with van der Waals surface area (Å²) < 4.78 is 6.06. The van der Waals surface area contributed by atoms with E-state index >= 15 is 0 Å². The lowest BCUT2D eigenvalue weighted by Gasteiger charge is -2.29. The van der Waals surface area contributed by atoms with Crippen molar-refractivity contribution in [3.05, 3.63) is 78.4 Å². The van der Waals surface area contributed by atoms with Crippen LogP contribution in [0.25, 0.3) is 33.6 Å². The number of oxazole rings is 1. The maximum Gasteiger partial charge on any atom is 0.247 e. The van der Waals surface area contributed by atoms with Gasteiger partial charge in [0.25, 0.3) is 0 Å². The summed E-state index contributed by atoms with van der Waals surface area (Å²) in [5, 5.41) is 6.90. The van der Waals surface area contributed by atoms with E-state index < -0.39 is 12.1 Å². The number of H-pyrrole nitrogens is 1. The van der Waals surface area contributed by atoms with Crippen LogP contribution in [-0.4, -0.2) is 89.2 Å². The molecule has 3 heterocycles. The summed E-state index contributed by atoms with van der Waals surface area (Å²) in [6.07, 6.45) is 1.44. The highest BCUT2D eigenvalue weighted by molar-refractivity contribution is 6.00. The molecule has 11 nitrogen and oxygen atoms in total. The molecule has 6 rings (SSSR count). The summed E-state index contributed by atoms with van der Waals surface area (Å²) in [4.78, 5) is 52.9. The lowest BCUT2D eigenvalue weighted by atomic mass is 10.1. The number of hydrogen-bond donors (Lipinski definition) is 3. The summed E-state index contributed by atoms with van der Waals surface area (Å²) in [5.41, 5.74) is 4.91. The Hall–Kier alpha value is -5.00. The van der Waals surface area contributed by atoms with E-state index in [2.05, 4.69) is 20.6 Å². The van der Waals surface area contributed by atoms with Crippen molar-refractivity contribution >= 4 is 51.1 Å². The van der Waals surface area contributed by atoms with Crippen molar-refractivity contribution in [2.45, 2.75) is 37.9 Å². The largest absolute Gasteiger partial charge is 0.435 e. The first-order valence-corrected chi connectivity index (χ1v) is 15.4. The number of carbonyl (C=O) groups is 3. The number of amides is 3. The van der Waals surface area contributed by atoms with Gasteiger partial charge in [0.1, 0.15) is 23.3 Å². The molecule has 1 aliphatic heterocycles. The Morgan fingerprint density at radius 1 is 0.935 bits per heavy atom. The molecule has 0 saturated carbocycles. The Bertz CT molecular complexity index is 1900. The lowest BCUT2D eigenvalue weighted by Crippen LogP contribution is -2.49. The van der Waals surface area contributed by atoms with E-state index in [0.717, 1.165) is 22.9 Å². The molecule has 0 spiro atoms. The molecular weight excluding hydrogens is 582 g/mol. The molecule has 238 valence electrons. The van der Waals surface area contributed by atoms with E-state index in [-0.39, 0.29) is 23.8 Å². The Morgan fingerprint density at radius 2 is 1.67 bits per heavy atom. The number of likely N-dealkylation sites (N-methyl/N-ethyl adjacent to an activating group) is 2. The molecule has 0 bridgehead atoms. The molecule has 46 heavy (non-hydrogen) atoms. The SMILES string of the molecule is C[C@H](C(=O)N1CCC[C@H]1C(=O)Nc1ccc2[nH]c(-c3nc4cc(NC(=O)C(c5ccccc5)N(C)C)ccc4o3)cc2c1)N(C)C. The van der Waals surface area contributed by atoms with Crippen molar-refractivity contribution in [2.24, 2.45) is 0 Å². The molecular formula is C35H39N7O4. The molecule has 0 aliphatic carbocycles. The van der Waals surface area contributed by atoms with Gasteiger partial charge in [-0.2, -0.15) is 0 Å². The maximum atomic E-state index is 13.2. The average Bonchev–Trinajstić information content (AvgIpc) is 3.78. The molecule has 11 heteroatoms. The Balaban J connectivity index is 1.17. The summed E-state index contributed by atoms with van der Waals surface area (Å²) in [7, 11) is 7.47. The zero-order valence-corrected chi connectivity index (χ0v) is 26.7. The lowest BCUT2D eigenvalue weighted by molar-refractivity contribution is -0.140. The van der Waals surface area contributed by atoms with E-state index in [1.165, 1.54) is 0 Å². The van der Waals surface area contributed by atoms with Gasteiger partial charge in [0.05, 0.1) is 6.04 Å². The zero-order valence-electron chi connectivity index (χ0n) is 26.7. The van der Waals surface area contributed by atoms with Crippen LogP contribution in [0.2, 0.25) is 0 Å². The molecule has 1 saturated heterocycles. The van der Waals surface area contributed by atoms with Crippen molar-refractivity contribution in [1.82, 2.24) is 24.7 Å². The third-order valence-electron chi connectivity index (χ3n) is 8.62. The van der Waals surface area contributed by atoms with Crippen LogP contribution in [0.15, 0.2) is 77.2 Å². The minimum Gasteiger partial charge on any atom is -0.435 e. The van der Waals surface area contributed by atoms with Gasteiger partial charge in [-0.1, -0.05) is 30.3 Å². The number of likely N-dealkylation sites (tertiary alicyclic amines) is 1. The minimum absolute atomic E-state index is 0.0360. The van der Waals surface area contributed by atoms with Gasteiger partial charge in [-0.05, 0) is 96.0 Å². The minimum atomic E-state index is -0.492. The van der Waals surface area contributed by atoms with Crippen molar-refractivity contribution in [3.63, 3.8) is 0 Å². The van der Waals surface area contributed by atoms with Crippen LogP contribution in [0.5, 0.6) is 0 Å². The standard InChI is InChI=1S/C35H39N7O4/c1-21(40(2)3)35(45)42-17-9-12-29(42)32(43)36-24-13-15-26-23(18-24)19-28(38-26)34-39-27-20-25(14-16-30(27)46-34)37-33(44)31(41(4)5)22-10-7-6-8-11-22/h6-8,10-11,13-16,18-21,29,31,38H,9,12,17H2,1-5H3,(H,36,43)(H,37,44)/t21-,29+,31?/m1/s1. The second kappa shape index (κ2) is 12.8. The first-order valence-electron chi connectivity index (χ1n) is 15.4. The van der Waals surface area contributed by atoms with Crippen molar-refractivity contribution in [2.75, 3.05) is 45.4 Å². The first-order chi connectivity index (χ1) is 22.1. The van der Waals surface area contributed by atoms with E-state index in [0.29, 0.717) is 47.0 Å². The van der Waals surface area contributed by atoms with Crippen LogP contribution in [0.4, 0.5) is 11.4 Å². The Morgan fingerprint density at radius 3 is 2.41 bits per heavy atom. The molecule has 0 radical (unpaired) electrons. The van der Waals surface area contributed by atoms with E-state index in [1.54, 1.807) is 23.1 Å². The summed E-state index contributed by atoms with van der Waals surface area (Å²) in [6.45, 7) is 2.44. The number of fused-ring (bicyclic) bond motifs is 2. The fraction of sp³-hybridized carbons (Fsp3) is 0.314. The molecule has 3 N–H and O–H groups in total. The number of nitrogens with zero attached hydrogens (tertiary/aromatic N) is 4. The quantitative estimate of drug-likeness (QED) is 0.209. The molecule has 3 aromatic carbocycles. The van der Waals surface area contributed by atoms with Gasteiger partial charge in [-0.25, -0.2) is 4.98 Å². The highest BCUT2D eigenvalue weighted by atomic mass is 16.3. The number of aromatic nitrogens is 2. The molecule has 1 unspecified atom stereocenters. The fourth-order valence-corrected chi connectivity index (χ4v) is 5.97. The number of carbonyl (C=O) groups excluding carboxylic acids is 3. The number of benzene rings is 3. The van der Waals surface area contributed by atoms with Gasteiger partial charge in [0.2, 0.25) is 23.6 Å². The summed E-state index contributed by atoms with van der Waals surface area (Å²) >= 11 is 0. The van der Waals surface area contributed by atoms with E-state index in [1.807, 2.05) is 99.5 Å². The normalized spacial score (nSPS) is 16.3. The number of nitrogens with one attached hydrogen (secondary N) is 3. The second-order valence-electron chi connectivity index (χ2n) is 12.3. The number of rotatable bonds is 9. The summed E-state index contributed by atoms with van der Waals surface area (Å²) in [6, 6.07) is 21.3. The zero-order chi connectivity index (χ0) is 32.5. The van der Waals surface area contributed by atoms with E-state index in [4.69, 9.17) is 4.42 Å². The van der Waals surface area contributed by atoms with Crippen LogP contribution in [0, 0.1) is 0 Å². The van der Waals surface area contributed by atoms with Crippen LogP contribution < -0.4 is 10.6 Å². The van der Waals surface area contributed by atoms with Gasteiger partial charge in [0, 0.05) is 28.8 Å². The van der Waals surface area contributed by atoms with Gasteiger partial charge in [-0.3, -0.25) is 24.2 Å². The molecule has 3 atom stereocenters. The number of hydrogen-bond acceptors (Lipinski definition) is 7. The van der Waals surface area contributed by atoms with Crippen molar-refractivity contribution in [3.8, 4) is 11.6 Å². The number of anilines is 2. The molecule has 1 fully saturated rings. The molecule has 3 amide bonds. The smallest absolute Gasteiger partial charge is 0.247 e. The fourth-order valence-electron chi connectivity index (χ4n) is 5.97. The molecule has 5 aromatic rings. The second-order valence-corrected chi connectivity index (χ2v) is 12.3. The average molecular weight is 622 g/mol. The van der Waals surface area contributed by atoms with Crippen LogP contribution in [-0.2, 0) is 14.4 Å². The Kier molecular flexibility index (Phi) is 8.61. The molecule has 2 aromatic heterocycles. The molecule has 1 aliphatic rings. The third-order valence-corrected chi connectivity index (χ3v) is 8.62. The van der Waals surface area contributed by atoms with Crippen molar-refractivity contribution < 1.29 is 18.8 Å². The topological polar surface area (TPSA) is 127 Å². The monoisotopic (exact) mass is 621 g/mol. The predicted molar refractivity (Wildman–Crippen MR) is 179 cm³/mol. The third kappa shape index (κ3) is 6.24. The van der Waals surface area contributed by atoms with Gasteiger partial charge in [0.15, 0.2) is 5.58 Å². The van der Waals surface area contributed by atoms with Gasteiger partial charge < -0.3 is 24.9 Å². The van der Waals surface area contributed by atoms with E-state index in [9.17, 15) is 14.4 Å². The first kappa shape index (κ1) is 31.0. The van der Waals surface area contributed by atoms with Crippen molar-refractivity contribution in [1.29, 1.82) is 0 Å². The van der Waals surface area contributed by atoms with Crippen LogP contribution in [0.3, 0.4) is 0 Å². The summed E-state index contributed by atoms with van der Waals surface area (Å²) in [5.74, 6) is 0.0413. The van der Waals surface area contributed by atoms with Crippen LogP contribution in [0.1, 0.15) is 31.4 Å². The Labute approximate surface area is 267 Å². The van der Waals surface area contributed by atoms with Gasteiger partial charge >= 0.3 is 0 Å². The highest BCUT2D eigenvalue weighted by Gasteiger charge is 2.36. The highest BCUT2D eigenvalue weighted by Crippen LogP contribution is 2.30. The predicted octanol–water partition coefficient (Wildman–Crippen LogP) is 5.10. The van der Waals surface area contributed by atoms with Crippen LogP contribution >= 0.6 is 0 Å². The van der Waals surface area contributed by atoms with Gasteiger partial charge in [-0.15, -0.1) is 0 Å².